The predicted molar refractivity (Wildman–Crippen MR) is 67.2 cm³/mol. The van der Waals surface area contributed by atoms with Gasteiger partial charge in [0.2, 0.25) is 0 Å². The van der Waals surface area contributed by atoms with Crippen LogP contribution in [-0.2, 0) is 4.79 Å². The molecule has 1 saturated carbocycles. The van der Waals surface area contributed by atoms with Gasteiger partial charge in [0.15, 0.2) is 0 Å². The third kappa shape index (κ3) is 2.23. The lowest BCUT2D eigenvalue weighted by Crippen LogP contribution is -2.19. The zero-order valence-corrected chi connectivity index (χ0v) is 11.1. The van der Waals surface area contributed by atoms with Crippen LogP contribution in [0.2, 0.25) is 0 Å². The van der Waals surface area contributed by atoms with Crippen LogP contribution in [0, 0.1) is 16.7 Å². The van der Waals surface area contributed by atoms with Gasteiger partial charge >= 0.3 is 0 Å². The van der Waals surface area contributed by atoms with E-state index in [0.29, 0.717) is 17.1 Å². The fraction of sp³-hybridized carbons (Fsp3) is 0.800. The number of carbonyl (C=O) groups is 1. The van der Waals surface area contributed by atoms with E-state index < -0.39 is 0 Å². The smallest absolute Gasteiger partial charge is 0.139 e. The van der Waals surface area contributed by atoms with Crippen LogP contribution in [0.3, 0.4) is 0 Å². The molecule has 0 bridgehead atoms. The number of hydrogen-bond donors (Lipinski definition) is 0. The van der Waals surface area contributed by atoms with Crippen molar-refractivity contribution in [3.63, 3.8) is 0 Å². The maximum atomic E-state index is 12.1. The molecule has 1 unspecified atom stereocenters. The van der Waals surface area contributed by atoms with Crippen LogP contribution >= 0.6 is 0 Å². The lowest BCUT2D eigenvalue weighted by atomic mass is 9.79. The molecule has 2 aliphatic rings. The molecular formula is C15H24O. The van der Waals surface area contributed by atoms with Crippen LogP contribution in [0.4, 0.5) is 0 Å². The predicted octanol–water partition coefficient (Wildman–Crippen LogP) is 4.13. The normalized spacial score (nSPS) is 41.9. The molecule has 0 N–H and O–H groups in total. The first kappa shape index (κ1) is 11.9. The van der Waals surface area contributed by atoms with E-state index in [1.165, 1.54) is 18.4 Å². The molecular weight excluding hydrogens is 196 g/mol. The Bertz CT molecular complexity index is 337. The average Bonchev–Trinajstić information content (AvgIpc) is 2.82. The van der Waals surface area contributed by atoms with Crippen molar-refractivity contribution in [2.75, 3.05) is 0 Å². The second-order valence-electron chi connectivity index (χ2n) is 6.86. The van der Waals surface area contributed by atoms with Gasteiger partial charge in [0.1, 0.15) is 5.78 Å². The van der Waals surface area contributed by atoms with Crippen LogP contribution in [0.25, 0.3) is 0 Å². The summed E-state index contributed by atoms with van der Waals surface area (Å²) in [6, 6.07) is 0. The molecule has 0 aromatic carbocycles. The van der Waals surface area contributed by atoms with Crippen molar-refractivity contribution in [1.29, 1.82) is 0 Å². The van der Waals surface area contributed by atoms with Gasteiger partial charge in [-0.15, -0.1) is 0 Å². The van der Waals surface area contributed by atoms with Crippen LogP contribution < -0.4 is 0 Å². The SMILES string of the molecule is C/C1=C\CC(C)(C)CC2C[C@]2(C)C(=O)CC1. The molecule has 16 heavy (non-hydrogen) atoms. The summed E-state index contributed by atoms with van der Waals surface area (Å²) in [7, 11) is 0. The molecule has 0 aromatic heterocycles. The number of rotatable bonds is 0. The van der Waals surface area contributed by atoms with E-state index in [1.54, 1.807) is 0 Å². The Morgan fingerprint density at radius 1 is 1.19 bits per heavy atom. The highest BCUT2D eigenvalue weighted by Gasteiger charge is 2.55. The van der Waals surface area contributed by atoms with Crippen LogP contribution in [0.5, 0.6) is 0 Å². The largest absolute Gasteiger partial charge is 0.299 e. The van der Waals surface area contributed by atoms with Gasteiger partial charge in [0.05, 0.1) is 0 Å². The second kappa shape index (κ2) is 3.72. The molecule has 0 heterocycles. The molecule has 0 aromatic rings. The van der Waals surface area contributed by atoms with Gasteiger partial charge in [-0.3, -0.25) is 4.79 Å². The monoisotopic (exact) mass is 220 g/mol. The van der Waals surface area contributed by atoms with E-state index in [9.17, 15) is 4.79 Å². The minimum Gasteiger partial charge on any atom is -0.299 e. The Morgan fingerprint density at radius 2 is 1.88 bits per heavy atom. The Morgan fingerprint density at radius 3 is 2.56 bits per heavy atom. The number of ketones is 1. The highest BCUT2D eigenvalue weighted by Crippen LogP contribution is 2.58. The number of allylic oxidation sites excluding steroid dienone is 2. The van der Waals surface area contributed by atoms with E-state index in [4.69, 9.17) is 0 Å². The third-order valence-electron chi connectivity index (χ3n) is 4.60. The highest BCUT2D eigenvalue weighted by molar-refractivity contribution is 5.87. The lowest BCUT2D eigenvalue weighted by Gasteiger charge is -2.25. The zero-order valence-electron chi connectivity index (χ0n) is 11.1. The summed E-state index contributed by atoms with van der Waals surface area (Å²) < 4.78 is 0. The lowest BCUT2D eigenvalue weighted by molar-refractivity contribution is -0.124. The fourth-order valence-electron chi connectivity index (χ4n) is 2.99. The zero-order chi connectivity index (χ0) is 12.0. The summed E-state index contributed by atoms with van der Waals surface area (Å²) in [5.74, 6) is 1.16. The minimum atomic E-state index is 0.0366. The maximum Gasteiger partial charge on any atom is 0.139 e. The molecule has 0 spiro atoms. The Hall–Kier alpha value is -0.590. The first-order valence-electron chi connectivity index (χ1n) is 6.52. The second-order valence-corrected chi connectivity index (χ2v) is 6.86. The van der Waals surface area contributed by atoms with Crippen molar-refractivity contribution in [3.05, 3.63) is 11.6 Å². The average molecular weight is 220 g/mol. The van der Waals surface area contributed by atoms with Crippen LogP contribution in [0.1, 0.15) is 59.8 Å². The molecule has 1 heteroatoms. The van der Waals surface area contributed by atoms with Gasteiger partial charge in [0, 0.05) is 11.8 Å². The van der Waals surface area contributed by atoms with Gasteiger partial charge in [-0.1, -0.05) is 32.4 Å². The van der Waals surface area contributed by atoms with E-state index in [2.05, 4.69) is 33.8 Å². The van der Waals surface area contributed by atoms with Gasteiger partial charge in [-0.2, -0.15) is 0 Å². The molecule has 0 amide bonds. The summed E-state index contributed by atoms with van der Waals surface area (Å²) in [6.07, 6.45) is 7.58. The molecule has 2 aliphatic carbocycles. The Labute approximate surface area is 99.3 Å². The van der Waals surface area contributed by atoms with Crippen molar-refractivity contribution in [2.45, 2.75) is 59.8 Å². The summed E-state index contributed by atoms with van der Waals surface area (Å²) in [6.45, 7) is 9.01. The third-order valence-corrected chi connectivity index (χ3v) is 4.60. The highest BCUT2D eigenvalue weighted by atomic mass is 16.1. The van der Waals surface area contributed by atoms with Gasteiger partial charge in [-0.25, -0.2) is 0 Å². The fourth-order valence-corrected chi connectivity index (χ4v) is 2.99. The van der Waals surface area contributed by atoms with E-state index in [-0.39, 0.29) is 5.41 Å². The topological polar surface area (TPSA) is 17.1 Å². The maximum absolute atomic E-state index is 12.1. The van der Waals surface area contributed by atoms with Crippen molar-refractivity contribution in [1.82, 2.24) is 0 Å². The van der Waals surface area contributed by atoms with Crippen molar-refractivity contribution >= 4 is 5.78 Å². The van der Waals surface area contributed by atoms with E-state index in [0.717, 1.165) is 19.3 Å². The number of Topliss-reactive ketones (excluding diaryl/α,β-unsaturated/α-hetero) is 1. The van der Waals surface area contributed by atoms with Crippen molar-refractivity contribution in [2.24, 2.45) is 16.7 Å². The molecule has 0 saturated heterocycles. The molecule has 2 rings (SSSR count). The first-order chi connectivity index (χ1) is 7.33. The number of carbonyl (C=O) groups excluding carboxylic acids is 1. The van der Waals surface area contributed by atoms with E-state index in [1.807, 2.05) is 0 Å². The Balaban J connectivity index is 2.18. The van der Waals surface area contributed by atoms with E-state index >= 15 is 0 Å². The standard InChI is InChI=1S/C15H24O/c1-11-5-6-13(16)15(4)10-12(15)9-14(2,3)8-7-11/h7,12H,5-6,8-10H2,1-4H3/b11-7+/t12?,15-/m0/s1. The van der Waals surface area contributed by atoms with Gasteiger partial charge in [0.25, 0.3) is 0 Å². The molecule has 1 nitrogen and oxygen atoms in total. The number of hydrogen-bond acceptors (Lipinski definition) is 1. The van der Waals surface area contributed by atoms with Crippen molar-refractivity contribution < 1.29 is 4.79 Å². The summed E-state index contributed by atoms with van der Waals surface area (Å²) in [4.78, 5) is 12.1. The summed E-state index contributed by atoms with van der Waals surface area (Å²) in [5, 5.41) is 0. The Kier molecular flexibility index (Phi) is 2.76. The molecule has 0 aliphatic heterocycles. The van der Waals surface area contributed by atoms with Crippen LogP contribution in [-0.4, -0.2) is 5.78 Å². The molecule has 0 radical (unpaired) electrons. The molecule has 90 valence electrons. The first-order valence-corrected chi connectivity index (χ1v) is 6.52. The molecule has 2 atom stereocenters. The van der Waals surface area contributed by atoms with Gasteiger partial charge in [-0.05, 0) is 43.9 Å². The van der Waals surface area contributed by atoms with Crippen LogP contribution in [0.15, 0.2) is 11.6 Å². The van der Waals surface area contributed by atoms with Crippen molar-refractivity contribution in [3.8, 4) is 0 Å². The minimum absolute atomic E-state index is 0.0366. The summed E-state index contributed by atoms with van der Waals surface area (Å²) in [5.41, 5.74) is 1.79. The van der Waals surface area contributed by atoms with Gasteiger partial charge < -0.3 is 0 Å². The quantitative estimate of drug-likeness (QED) is 0.561. The number of fused-ring (bicyclic) bond motifs is 1. The molecule has 1 fully saturated rings. The summed E-state index contributed by atoms with van der Waals surface area (Å²) >= 11 is 0.